The van der Waals surface area contributed by atoms with Crippen LogP contribution in [0.4, 0.5) is 0 Å². The zero-order valence-electron chi connectivity index (χ0n) is 10.7. The monoisotopic (exact) mass is 248 g/mol. The van der Waals surface area contributed by atoms with Crippen molar-refractivity contribution in [3.05, 3.63) is 35.9 Å². The molecular weight excluding hydrogens is 228 g/mol. The molecule has 1 N–H and O–H groups in total. The molecule has 0 aromatic heterocycles. The van der Waals surface area contributed by atoms with Crippen LogP contribution in [0, 0.1) is 0 Å². The Kier molecular flexibility index (Phi) is 4.33. The Labute approximate surface area is 108 Å². The van der Waals surface area contributed by atoms with Gasteiger partial charge >= 0.3 is 0 Å². The van der Waals surface area contributed by atoms with Crippen LogP contribution < -0.4 is 0 Å². The molecule has 0 spiro atoms. The lowest BCUT2D eigenvalue weighted by Crippen LogP contribution is -2.49. The molecule has 0 radical (unpaired) electrons. The fraction of sp³-hybridized carbons (Fsp3) is 0.500. The SMILES string of the molecule is CN1CCN(C(=O)[C@H](CO)c2ccccc2)CC1. The van der Waals surface area contributed by atoms with Crippen LogP contribution in [-0.2, 0) is 4.79 Å². The number of amides is 1. The van der Waals surface area contributed by atoms with E-state index in [1.807, 2.05) is 35.2 Å². The number of rotatable bonds is 3. The Bertz CT molecular complexity index is 386. The van der Waals surface area contributed by atoms with Gasteiger partial charge in [0.05, 0.1) is 12.5 Å². The van der Waals surface area contributed by atoms with Gasteiger partial charge in [-0.2, -0.15) is 0 Å². The summed E-state index contributed by atoms with van der Waals surface area (Å²) in [5.74, 6) is -0.383. The van der Waals surface area contributed by atoms with Crippen molar-refractivity contribution in [2.24, 2.45) is 0 Å². The highest BCUT2D eigenvalue weighted by molar-refractivity contribution is 5.84. The van der Waals surface area contributed by atoms with Crippen LogP contribution in [0.2, 0.25) is 0 Å². The van der Waals surface area contributed by atoms with E-state index < -0.39 is 5.92 Å². The van der Waals surface area contributed by atoms with E-state index in [2.05, 4.69) is 11.9 Å². The van der Waals surface area contributed by atoms with Crippen molar-refractivity contribution >= 4 is 5.91 Å². The normalized spacial score (nSPS) is 18.7. The average Bonchev–Trinajstić information content (AvgIpc) is 2.41. The number of hydrogen-bond acceptors (Lipinski definition) is 3. The Morgan fingerprint density at radius 2 is 1.83 bits per heavy atom. The highest BCUT2D eigenvalue weighted by Gasteiger charge is 2.27. The van der Waals surface area contributed by atoms with Crippen molar-refractivity contribution in [3.63, 3.8) is 0 Å². The summed E-state index contributed by atoms with van der Waals surface area (Å²) in [5.41, 5.74) is 0.893. The number of aliphatic hydroxyl groups is 1. The molecule has 1 aromatic carbocycles. The van der Waals surface area contributed by atoms with Crippen molar-refractivity contribution in [1.82, 2.24) is 9.80 Å². The van der Waals surface area contributed by atoms with Crippen molar-refractivity contribution in [2.45, 2.75) is 5.92 Å². The van der Waals surface area contributed by atoms with E-state index >= 15 is 0 Å². The summed E-state index contributed by atoms with van der Waals surface area (Å²) in [4.78, 5) is 16.4. The molecule has 1 saturated heterocycles. The quantitative estimate of drug-likeness (QED) is 0.849. The minimum Gasteiger partial charge on any atom is -0.395 e. The number of nitrogens with zero attached hydrogens (tertiary/aromatic N) is 2. The summed E-state index contributed by atoms with van der Waals surface area (Å²) in [6, 6.07) is 9.51. The smallest absolute Gasteiger partial charge is 0.232 e. The van der Waals surface area contributed by atoms with Gasteiger partial charge in [-0.15, -0.1) is 0 Å². The first kappa shape index (κ1) is 13.1. The highest BCUT2D eigenvalue weighted by Crippen LogP contribution is 2.18. The van der Waals surface area contributed by atoms with Crippen LogP contribution in [0.1, 0.15) is 11.5 Å². The molecule has 0 bridgehead atoms. The first-order valence-electron chi connectivity index (χ1n) is 6.35. The van der Waals surface area contributed by atoms with Gasteiger partial charge in [-0.1, -0.05) is 30.3 Å². The maximum Gasteiger partial charge on any atom is 0.232 e. The van der Waals surface area contributed by atoms with Crippen molar-refractivity contribution < 1.29 is 9.90 Å². The number of benzene rings is 1. The van der Waals surface area contributed by atoms with Gasteiger partial charge in [0.25, 0.3) is 0 Å². The number of aliphatic hydroxyl groups excluding tert-OH is 1. The number of likely N-dealkylation sites (N-methyl/N-ethyl adjacent to an activating group) is 1. The lowest BCUT2D eigenvalue weighted by molar-refractivity contribution is -0.135. The number of carbonyl (C=O) groups is 1. The molecule has 98 valence electrons. The maximum atomic E-state index is 12.4. The predicted molar refractivity (Wildman–Crippen MR) is 70.3 cm³/mol. The van der Waals surface area contributed by atoms with Crippen molar-refractivity contribution in [3.8, 4) is 0 Å². The molecule has 18 heavy (non-hydrogen) atoms. The Hall–Kier alpha value is -1.39. The second-order valence-corrected chi connectivity index (χ2v) is 4.77. The molecule has 4 heteroatoms. The first-order valence-corrected chi connectivity index (χ1v) is 6.35. The molecule has 0 aliphatic carbocycles. The third-order valence-electron chi connectivity index (χ3n) is 3.50. The van der Waals surface area contributed by atoms with Crippen LogP contribution in [0.5, 0.6) is 0 Å². The molecule has 1 aliphatic heterocycles. The number of piperazine rings is 1. The molecule has 1 aromatic rings. The second kappa shape index (κ2) is 5.98. The molecule has 1 atom stereocenters. The third kappa shape index (κ3) is 2.89. The van der Waals surface area contributed by atoms with E-state index in [0.717, 1.165) is 31.7 Å². The summed E-state index contributed by atoms with van der Waals surface area (Å²) < 4.78 is 0. The van der Waals surface area contributed by atoms with Gasteiger partial charge in [0.1, 0.15) is 0 Å². The Balaban J connectivity index is 2.06. The van der Waals surface area contributed by atoms with Crippen LogP contribution in [0.15, 0.2) is 30.3 Å². The Morgan fingerprint density at radius 3 is 2.39 bits per heavy atom. The second-order valence-electron chi connectivity index (χ2n) is 4.77. The minimum atomic E-state index is -0.422. The van der Waals surface area contributed by atoms with E-state index in [-0.39, 0.29) is 12.5 Å². The molecular formula is C14H20N2O2. The largest absolute Gasteiger partial charge is 0.395 e. The fourth-order valence-electron chi connectivity index (χ4n) is 2.26. The lowest BCUT2D eigenvalue weighted by atomic mass is 9.98. The van der Waals surface area contributed by atoms with E-state index in [4.69, 9.17) is 0 Å². The zero-order chi connectivity index (χ0) is 13.0. The summed E-state index contributed by atoms with van der Waals surface area (Å²) in [6.07, 6.45) is 0. The molecule has 4 nitrogen and oxygen atoms in total. The van der Waals surface area contributed by atoms with E-state index in [0.29, 0.717) is 0 Å². The summed E-state index contributed by atoms with van der Waals surface area (Å²) >= 11 is 0. The van der Waals surface area contributed by atoms with E-state index in [9.17, 15) is 9.90 Å². The first-order chi connectivity index (χ1) is 8.72. The topological polar surface area (TPSA) is 43.8 Å². The molecule has 0 unspecified atom stereocenters. The highest BCUT2D eigenvalue weighted by atomic mass is 16.3. The van der Waals surface area contributed by atoms with E-state index in [1.54, 1.807) is 0 Å². The zero-order valence-corrected chi connectivity index (χ0v) is 10.7. The minimum absolute atomic E-state index is 0.0387. The molecule has 1 fully saturated rings. The molecule has 1 amide bonds. The van der Waals surface area contributed by atoms with Crippen molar-refractivity contribution in [1.29, 1.82) is 0 Å². The molecule has 1 heterocycles. The maximum absolute atomic E-state index is 12.4. The van der Waals surface area contributed by atoms with Gasteiger partial charge in [0.2, 0.25) is 5.91 Å². The summed E-state index contributed by atoms with van der Waals surface area (Å²) in [7, 11) is 2.06. The van der Waals surface area contributed by atoms with Crippen LogP contribution in [0.25, 0.3) is 0 Å². The molecule has 2 rings (SSSR count). The molecule has 0 saturated carbocycles. The van der Waals surface area contributed by atoms with E-state index in [1.165, 1.54) is 0 Å². The van der Waals surface area contributed by atoms with Gasteiger partial charge in [0, 0.05) is 26.2 Å². The average molecular weight is 248 g/mol. The number of carbonyl (C=O) groups excluding carboxylic acids is 1. The van der Waals surface area contributed by atoms with Crippen molar-refractivity contribution in [2.75, 3.05) is 39.8 Å². The van der Waals surface area contributed by atoms with Gasteiger partial charge in [-0.05, 0) is 12.6 Å². The summed E-state index contributed by atoms with van der Waals surface area (Å²) in [5, 5.41) is 9.47. The van der Waals surface area contributed by atoms with Gasteiger partial charge in [-0.25, -0.2) is 0 Å². The summed E-state index contributed by atoms with van der Waals surface area (Å²) in [6.45, 7) is 3.17. The fourth-order valence-corrected chi connectivity index (χ4v) is 2.26. The van der Waals surface area contributed by atoms with Gasteiger partial charge in [-0.3, -0.25) is 4.79 Å². The predicted octanol–water partition coefficient (Wildman–Crippen LogP) is 0.536. The lowest BCUT2D eigenvalue weighted by Gasteiger charge is -2.34. The van der Waals surface area contributed by atoms with Crippen LogP contribution in [0.3, 0.4) is 0 Å². The Morgan fingerprint density at radius 1 is 1.22 bits per heavy atom. The standard InChI is InChI=1S/C14H20N2O2/c1-15-7-9-16(10-8-15)14(18)13(11-17)12-5-3-2-4-6-12/h2-6,13,17H,7-11H2,1H3/t13-/m1/s1. The number of hydrogen-bond donors (Lipinski definition) is 1. The molecule has 1 aliphatic rings. The van der Waals surface area contributed by atoms with Gasteiger partial charge < -0.3 is 14.9 Å². The van der Waals surface area contributed by atoms with Gasteiger partial charge in [0.15, 0.2) is 0 Å². The van der Waals surface area contributed by atoms with Crippen LogP contribution in [-0.4, -0.2) is 60.6 Å². The van der Waals surface area contributed by atoms with Crippen LogP contribution >= 0.6 is 0 Å². The third-order valence-corrected chi connectivity index (χ3v) is 3.50.